The first-order valence-electron chi connectivity index (χ1n) is 1.67. The molecule has 0 aromatic rings. The first-order chi connectivity index (χ1) is 4.88. The fourth-order valence-corrected chi connectivity index (χ4v) is 0. The van der Waals surface area contributed by atoms with E-state index in [-0.39, 0.29) is 130 Å². The van der Waals surface area contributed by atoms with Gasteiger partial charge in [-0.15, -0.1) is 0 Å². The Morgan fingerprint density at radius 2 is 0.875 bits per heavy atom. The van der Waals surface area contributed by atoms with Gasteiger partial charge in [0.2, 0.25) is 12.3 Å². The molecular weight excluding hydrogens is 272 g/mol. The van der Waals surface area contributed by atoms with Crippen molar-refractivity contribution in [3.05, 3.63) is 0 Å². The number of carboxylic acid groups (broad SMARTS) is 4. The van der Waals surface area contributed by atoms with Crippen molar-refractivity contribution in [2.45, 2.75) is 0 Å². The average Bonchev–Trinajstić information content (AvgIpc) is 1.60. The van der Waals surface area contributed by atoms with Gasteiger partial charge in [0.25, 0.3) is 0 Å². The number of carbonyl (C=O) groups is 2. The van der Waals surface area contributed by atoms with Gasteiger partial charge in [0.1, 0.15) is 0 Å². The van der Waals surface area contributed by atoms with E-state index >= 15 is 0 Å². The summed E-state index contributed by atoms with van der Waals surface area (Å²) < 4.78 is 0. The van der Waals surface area contributed by atoms with E-state index in [9.17, 15) is 0 Å². The van der Waals surface area contributed by atoms with Crippen molar-refractivity contribution in [2.75, 3.05) is 0 Å². The van der Waals surface area contributed by atoms with Crippen LogP contribution in [0.3, 0.4) is 0 Å². The van der Waals surface area contributed by atoms with Crippen LogP contribution in [0.5, 0.6) is 0 Å². The van der Waals surface area contributed by atoms with Crippen LogP contribution in [-0.4, -0.2) is 34.5 Å². The van der Waals surface area contributed by atoms with E-state index in [1.807, 2.05) is 0 Å². The standard InChI is InChI=1S/2CH2O3.CO2.4Na.H2O/c2*2-1(3)4;2-1-3;;;;;/h2*(H2,2,3,4);;;;;;1H2/q;;-2;4*+1;/p-3. The molecule has 3 N–H and O–H groups in total. The van der Waals surface area contributed by atoms with E-state index in [0.29, 0.717) is 0 Å². The molecule has 74 valence electrons. The summed E-state index contributed by atoms with van der Waals surface area (Å²) in [5, 5.41) is 38.7. The molecule has 0 aliphatic heterocycles. The number of hydrogen-bond acceptors (Lipinski definition) is 7. The van der Waals surface area contributed by atoms with Gasteiger partial charge in [0, 0.05) is 0 Å². The molecule has 0 unspecified atom stereocenters. The van der Waals surface area contributed by atoms with Crippen LogP contribution in [0.1, 0.15) is 0 Å². The van der Waals surface area contributed by atoms with Crippen molar-refractivity contribution in [1.29, 1.82) is 0 Å². The smallest absolute Gasteiger partial charge is 0.870 e. The summed E-state index contributed by atoms with van der Waals surface area (Å²) >= 11 is 0. The van der Waals surface area contributed by atoms with Gasteiger partial charge in [-0.2, -0.15) is 0 Å². The third-order valence-electron chi connectivity index (χ3n) is 0. The van der Waals surface area contributed by atoms with E-state index in [1.165, 1.54) is 0 Å². The zero-order valence-electron chi connectivity index (χ0n) is 9.29. The first kappa shape index (κ1) is 52.1. The second kappa shape index (κ2) is 53.8. The molecule has 0 bridgehead atoms. The summed E-state index contributed by atoms with van der Waals surface area (Å²) in [5.74, 6) is 0. The molecule has 0 spiro atoms. The molecule has 0 fully saturated rings. The minimum Gasteiger partial charge on any atom is -0.870 e. The van der Waals surface area contributed by atoms with Gasteiger partial charge < -0.3 is 51.9 Å². The molecular formula is C3H3Na4O9-. The van der Waals surface area contributed by atoms with Crippen molar-refractivity contribution in [2.24, 2.45) is 0 Å². The predicted molar refractivity (Wildman–Crippen MR) is 23.7 cm³/mol. The Bertz CT molecular complexity index is 110. The zero-order chi connectivity index (χ0) is 9.86. The SMILES string of the molecule is O=C([O-])O.O=C([O-])O.O=[C-][O-].[Na+].[Na+].[Na+].[Na+].[OH-]. The van der Waals surface area contributed by atoms with Crippen LogP contribution in [0.4, 0.5) is 9.59 Å². The van der Waals surface area contributed by atoms with Crippen LogP contribution in [-0.2, 0) is 4.79 Å². The molecule has 0 saturated carbocycles. The van der Waals surface area contributed by atoms with E-state index < -0.39 is 12.3 Å². The van der Waals surface area contributed by atoms with Crippen molar-refractivity contribution in [3.63, 3.8) is 0 Å². The molecule has 9 nitrogen and oxygen atoms in total. The molecule has 0 aliphatic carbocycles. The monoisotopic (exact) mass is 275 g/mol. The Balaban J connectivity index is -0.00000000872. The van der Waals surface area contributed by atoms with Gasteiger partial charge in [-0.1, -0.05) is 0 Å². The van der Waals surface area contributed by atoms with E-state index in [2.05, 4.69) is 0 Å². The van der Waals surface area contributed by atoms with Crippen molar-refractivity contribution in [3.8, 4) is 0 Å². The minimum absolute atomic E-state index is 0. The maximum atomic E-state index is 8.44. The van der Waals surface area contributed by atoms with Crippen LogP contribution in [0.15, 0.2) is 0 Å². The van der Waals surface area contributed by atoms with Crippen molar-refractivity contribution >= 4 is 18.8 Å². The zero-order valence-corrected chi connectivity index (χ0v) is 17.3. The third-order valence-corrected chi connectivity index (χ3v) is 0. The average molecular weight is 275 g/mol. The Labute approximate surface area is 179 Å². The fourth-order valence-electron chi connectivity index (χ4n) is 0. The third kappa shape index (κ3) is 922. The maximum Gasteiger partial charge on any atom is 1.00 e. The Morgan fingerprint density at radius 3 is 0.875 bits per heavy atom. The van der Waals surface area contributed by atoms with E-state index in [1.54, 1.807) is 0 Å². The summed E-state index contributed by atoms with van der Waals surface area (Å²) in [6.07, 6.45) is -4.17. The summed E-state index contributed by atoms with van der Waals surface area (Å²) in [6, 6.07) is 0. The summed E-state index contributed by atoms with van der Waals surface area (Å²) in [6.45, 7) is 0.250. The van der Waals surface area contributed by atoms with Gasteiger partial charge >= 0.3 is 118 Å². The minimum atomic E-state index is -2.08. The van der Waals surface area contributed by atoms with Crippen LogP contribution in [0.2, 0.25) is 0 Å². The molecule has 0 amide bonds. The Kier molecular flexibility index (Phi) is 175. The largest absolute Gasteiger partial charge is 1.00 e. The Morgan fingerprint density at radius 1 is 0.875 bits per heavy atom. The van der Waals surface area contributed by atoms with Crippen LogP contribution < -0.4 is 134 Å². The normalized spacial score (nSPS) is 3.75. The van der Waals surface area contributed by atoms with Gasteiger partial charge in [-0.05, 0) is 0 Å². The molecule has 0 heterocycles. The van der Waals surface area contributed by atoms with Crippen LogP contribution in [0, 0.1) is 0 Å². The molecule has 0 radical (unpaired) electrons. The van der Waals surface area contributed by atoms with Gasteiger partial charge in [-0.3, -0.25) is 0 Å². The molecule has 0 aromatic heterocycles. The molecule has 0 saturated heterocycles. The number of hydrogen-bond donors (Lipinski definition) is 2. The second-order valence-electron chi connectivity index (χ2n) is 0.615. The topological polar surface area (TPSA) is 191 Å². The van der Waals surface area contributed by atoms with E-state index in [0.717, 1.165) is 0 Å². The maximum absolute atomic E-state index is 8.44. The van der Waals surface area contributed by atoms with Crippen molar-refractivity contribution < 1.29 is 164 Å². The van der Waals surface area contributed by atoms with Gasteiger partial charge in [-0.25, -0.2) is 0 Å². The van der Waals surface area contributed by atoms with Crippen molar-refractivity contribution in [1.82, 2.24) is 0 Å². The summed E-state index contributed by atoms with van der Waals surface area (Å²) in [4.78, 5) is 25.0. The van der Waals surface area contributed by atoms with Gasteiger partial charge in [0.05, 0.1) is 0 Å². The molecule has 0 aliphatic rings. The second-order valence-corrected chi connectivity index (χ2v) is 0.615. The van der Waals surface area contributed by atoms with Crippen LogP contribution >= 0.6 is 0 Å². The quantitative estimate of drug-likeness (QED) is 0.319. The first-order valence-corrected chi connectivity index (χ1v) is 1.67. The Hall–Kier alpha value is 1.97. The van der Waals surface area contributed by atoms with Gasteiger partial charge in [0.15, 0.2) is 0 Å². The molecule has 16 heavy (non-hydrogen) atoms. The predicted octanol–water partition coefficient (Wildman–Crippen LogP) is -16.1. The summed E-state index contributed by atoms with van der Waals surface area (Å²) in [5.41, 5.74) is 0. The molecule has 13 heteroatoms. The molecule has 0 rings (SSSR count). The van der Waals surface area contributed by atoms with Crippen LogP contribution in [0.25, 0.3) is 0 Å². The molecule has 0 aromatic carbocycles. The fraction of sp³-hybridized carbons (Fsp3) is 0. The van der Waals surface area contributed by atoms with E-state index in [4.69, 9.17) is 39.9 Å². The molecule has 0 atom stereocenters. The summed E-state index contributed by atoms with van der Waals surface area (Å²) in [7, 11) is 0. The number of rotatable bonds is 0. The number of carbonyl (C=O) groups excluding carboxylic acids is 1.